The lowest BCUT2D eigenvalue weighted by molar-refractivity contribution is -0.141. The van der Waals surface area contributed by atoms with Crippen LogP contribution in [0.5, 0.6) is 0 Å². The van der Waals surface area contributed by atoms with Gasteiger partial charge in [-0.2, -0.15) is 18.3 Å². The Labute approximate surface area is 171 Å². The number of halogens is 6. The zero-order valence-electron chi connectivity index (χ0n) is 14.9. The second-order valence-electron chi connectivity index (χ2n) is 6.29. The first-order valence-corrected chi connectivity index (χ1v) is 10.6. The summed E-state index contributed by atoms with van der Waals surface area (Å²) in [5.74, 6) is -2.48. The molecule has 3 aromatic rings. The highest BCUT2D eigenvalue weighted by Gasteiger charge is 2.36. The van der Waals surface area contributed by atoms with Crippen molar-refractivity contribution in [3.05, 3.63) is 63.8 Å². The Morgan fingerprint density at radius 1 is 1.03 bits per heavy atom. The molecular formula is C18H12BrF5N2O2S. The van der Waals surface area contributed by atoms with Crippen molar-refractivity contribution in [2.75, 3.05) is 6.26 Å². The molecular weight excluding hydrogens is 483 g/mol. The maximum Gasteiger partial charge on any atom is 0.435 e. The number of nitrogens with zero attached hydrogens (tertiary/aromatic N) is 2. The molecule has 0 aliphatic rings. The summed E-state index contributed by atoms with van der Waals surface area (Å²) in [7, 11) is -4.07. The SMILES string of the molecule is Cc1cc(-n2nc(C(F)(F)F)cc2-c2cc(F)c(S(C)(=O)=O)cc2F)ccc1Br. The van der Waals surface area contributed by atoms with Gasteiger partial charge in [-0.1, -0.05) is 15.9 Å². The lowest BCUT2D eigenvalue weighted by Crippen LogP contribution is -2.08. The van der Waals surface area contributed by atoms with E-state index in [4.69, 9.17) is 0 Å². The van der Waals surface area contributed by atoms with Gasteiger partial charge in [0, 0.05) is 16.3 Å². The third kappa shape index (κ3) is 4.20. The van der Waals surface area contributed by atoms with Gasteiger partial charge in [0.15, 0.2) is 15.5 Å². The number of benzene rings is 2. The van der Waals surface area contributed by atoms with E-state index in [1.54, 1.807) is 13.0 Å². The van der Waals surface area contributed by atoms with Crippen LogP contribution in [-0.2, 0) is 16.0 Å². The Morgan fingerprint density at radius 2 is 1.69 bits per heavy atom. The van der Waals surface area contributed by atoms with Gasteiger partial charge in [-0.15, -0.1) is 0 Å². The van der Waals surface area contributed by atoms with Crippen LogP contribution in [0.2, 0.25) is 0 Å². The molecule has 4 nitrogen and oxygen atoms in total. The molecule has 154 valence electrons. The predicted molar refractivity (Wildman–Crippen MR) is 99.5 cm³/mol. The Kier molecular flexibility index (Phi) is 5.33. The topological polar surface area (TPSA) is 52.0 Å². The van der Waals surface area contributed by atoms with Gasteiger partial charge in [0.05, 0.1) is 11.4 Å². The number of sulfone groups is 1. The van der Waals surface area contributed by atoms with E-state index in [1.807, 2.05) is 0 Å². The molecule has 1 aromatic heterocycles. The second kappa shape index (κ2) is 7.21. The molecule has 2 aromatic carbocycles. The van der Waals surface area contributed by atoms with Crippen molar-refractivity contribution in [1.82, 2.24) is 9.78 Å². The van der Waals surface area contributed by atoms with Crippen molar-refractivity contribution in [1.29, 1.82) is 0 Å². The minimum Gasteiger partial charge on any atom is -0.232 e. The van der Waals surface area contributed by atoms with Crippen molar-refractivity contribution >= 4 is 25.8 Å². The molecule has 0 fully saturated rings. The second-order valence-corrected chi connectivity index (χ2v) is 9.13. The standard InChI is InChI=1S/C18H12BrF5N2O2S/c1-9-5-10(3-4-12(9)19)26-15(8-17(25-26)18(22,23)24)11-6-14(21)16(7-13(11)20)29(2,27)28/h3-8H,1-2H3. The Morgan fingerprint density at radius 3 is 2.24 bits per heavy atom. The van der Waals surface area contributed by atoms with E-state index in [2.05, 4.69) is 21.0 Å². The highest BCUT2D eigenvalue weighted by molar-refractivity contribution is 9.10. The number of rotatable bonds is 3. The number of aromatic nitrogens is 2. The molecule has 0 spiro atoms. The molecule has 1 heterocycles. The molecule has 0 unspecified atom stereocenters. The first-order chi connectivity index (χ1) is 13.3. The maximum absolute atomic E-state index is 14.6. The molecule has 0 aliphatic heterocycles. The van der Waals surface area contributed by atoms with Gasteiger partial charge in [0.1, 0.15) is 16.5 Å². The number of hydrogen-bond acceptors (Lipinski definition) is 3. The molecule has 0 radical (unpaired) electrons. The molecule has 29 heavy (non-hydrogen) atoms. The molecule has 11 heteroatoms. The largest absolute Gasteiger partial charge is 0.435 e. The van der Waals surface area contributed by atoms with Gasteiger partial charge < -0.3 is 0 Å². The van der Waals surface area contributed by atoms with Crippen LogP contribution in [0.4, 0.5) is 22.0 Å². The molecule has 0 aliphatic carbocycles. The van der Waals surface area contributed by atoms with Crippen LogP contribution < -0.4 is 0 Å². The molecule has 0 saturated carbocycles. The number of hydrogen-bond donors (Lipinski definition) is 0. The highest BCUT2D eigenvalue weighted by Crippen LogP contribution is 2.35. The molecule has 0 N–H and O–H groups in total. The van der Waals surface area contributed by atoms with E-state index in [-0.39, 0.29) is 11.4 Å². The summed E-state index contributed by atoms with van der Waals surface area (Å²) in [6, 6.07) is 6.11. The predicted octanol–water partition coefficient (Wildman–Crippen LogP) is 5.31. The summed E-state index contributed by atoms with van der Waals surface area (Å²) < 4.78 is 93.3. The monoisotopic (exact) mass is 494 g/mol. The zero-order chi connectivity index (χ0) is 21.7. The van der Waals surface area contributed by atoms with E-state index in [9.17, 15) is 30.4 Å². The van der Waals surface area contributed by atoms with Gasteiger partial charge in [-0.3, -0.25) is 0 Å². The molecule has 0 atom stereocenters. The minimum atomic E-state index is -4.83. The van der Waals surface area contributed by atoms with E-state index in [0.29, 0.717) is 34.5 Å². The summed E-state index contributed by atoms with van der Waals surface area (Å²) in [5.41, 5.74) is -1.38. The average molecular weight is 495 g/mol. The Bertz CT molecular complexity index is 1220. The normalized spacial score (nSPS) is 12.4. The van der Waals surface area contributed by atoms with E-state index >= 15 is 0 Å². The summed E-state index contributed by atoms with van der Waals surface area (Å²) in [5, 5.41) is 3.51. The fourth-order valence-corrected chi connectivity index (χ4v) is 3.66. The van der Waals surface area contributed by atoms with E-state index in [1.165, 1.54) is 12.1 Å². The van der Waals surface area contributed by atoms with Gasteiger partial charge in [0.25, 0.3) is 0 Å². The molecule has 0 amide bonds. The van der Waals surface area contributed by atoms with Crippen LogP contribution in [0.15, 0.2) is 45.8 Å². The summed E-state index contributed by atoms with van der Waals surface area (Å²) in [6.45, 7) is 1.70. The Hall–Kier alpha value is -2.27. The van der Waals surface area contributed by atoms with Gasteiger partial charge in [-0.25, -0.2) is 21.9 Å². The third-order valence-corrected chi connectivity index (χ3v) is 6.08. The zero-order valence-corrected chi connectivity index (χ0v) is 17.3. The first-order valence-electron chi connectivity index (χ1n) is 7.92. The summed E-state index contributed by atoms with van der Waals surface area (Å²) >= 11 is 3.27. The van der Waals surface area contributed by atoms with Crippen molar-refractivity contribution in [3.63, 3.8) is 0 Å². The average Bonchev–Trinajstić information content (AvgIpc) is 3.03. The van der Waals surface area contributed by atoms with Crippen molar-refractivity contribution < 1.29 is 30.4 Å². The lowest BCUT2D eigenvalue weighted by atomic mass is 10.1. The van der Waals surface area contributed by atoms with Crippen LogP contribution in [-0.4, -0.2) is 24.5 Å². The van der Waals surface area contributed by atoms with Gasteiger partial charge in [-0.05, 0) is 48.9 Å². The van der Waals surface area contributed by atoms with Crippen LogP contribution in [0, 0.1) is 18.6 Å². The fourth-order valence-electron chi connectivity index (χ4n) is 2.68. The highest BCUT2D eigenvalue weighted by atomic mass is 79.9. The van der Waals surface area contributed by atoms with E-state index < -0.39 is 43.8 Å². The van der Waals surface area contributed by atoms with Gasteiger partial charge >= 0.3 is 6.18 Å². The fraction of sp³-hybridized carbons (Fsp3) is 0.167. The number of aryl methyl sites for hydroxylation is 1. The maximum atomic E-state index is 14.6. The first kappa shape index (κ1) is 21.4. The van der Waals surface area contributed by atoms with Crippen LogP contribution >= 0.6 is 15.9 Å². The van der Waals surface area contributed by atoms with Crippen LogP contribution in [0.3, 0.4) is 0 Å². The molecule has 0 saturated heterocycles. The van der Waals surface area contributed by atoms with Crippen LogP contribution in [0.25, 0.3) is 16.9 Å². The summed E-state index contributed by atoms with van der Waals surface area (Å²) in [4.78, 5) is -0.889. The smallest absolute Gasteiger partial charge is 0.232 e. The van der Waals surface area contributed by atoms with Gasteiger partial charge in [0.2, 0.25) is 0 Å². The number of alkyl halides is 3. The summed E-state index contributed by atoms with van der Waals surface area (Å²) in [6.07, 6.45) is -4.13. The van der Waals surface area contributed by atoms with Crippen molar-refractivity contribution in [3.8, 4) is 16.9 Å². The molecule has 0 bridgehead atoms. The third-order valence-electron chi connectivity index (χ3n) is 4.08. The lowest BCUT2D eigenvalue weighted by Gasteiger charge is -2.11. The van der Waals surface area contributed by atoms with Crippen molar-refractivity contribution in [2.45, 2.75) is 18.0 Å². The van der Waals surface area contributed by atoms with Crippen LogP contribution in [0.1, 0.15) is 11.3 Å². The van der Waals surface area contributed by atoms with Crippen molar-refractivity contribution in [2.24, 2.45) is 0 Å². The molecule has 3 rings (SSSR count). The Balaban J connectivity index is 2.30. The quantitative estimate of drug-likeness (QED) is 0.463. The van der Waals surface area contributed by atoms with E-state index in [0.717, 1.165) is 4.68 Å². The minimum absolute atomic E-state index is 0.184.